The summed E-state index contributed by atoms with van der Waals surface area (Å²) >= 11 is 0. The minimum Gasteiger partial charge on any atom is -0.481 e. The van der Waals surface area contributed by atoms with Gasteiger partial charge in [0, 0.05) is 6.42 Å². The molecule has 0 rings (SSSR count). The minimum atomic E-state index is -1.31. The van der Waals surface area contributed by atoms with Gasteiger partial charge in [-0.1, -0.05) is 84.0 Å². The third kappa shape index (κ3) is 30.8. The molecule has 0 aromatic carbocycles. The van der Waals surface area contributed by atoms with Gasteiger partial charge in [0.25, 0.3) is 0 Å². The van der Waals surface area contributed by atoms with Gasteiger partial charge in [0.15, 0.2) is 0 Å². The van der Waals surface area contributed by atoms with Crippen LogP contribution in [0.5, 0.6) is 0 Å². The SMILES string of the molecule is CCCCCCCCCCCCCCCC(=O)O.O=C(O)CC(=O)O. The molecular formula is C19H36O6. The zero-order valence-corrected chi connectivity index (χ0v) is 15.7. The van der Waals surface area contributed by atoms with Crippen LogP contribution in [0.2, 0.25) is 0 Å². The quantitative estimate of drug-likeness (QED) is 0.261. The smallest absolute Gasteiger partial charge is 0.314 e. The van der Waals surface area contributed by atoms with Crippen molar-refractivity contribution in [1.29, 1.82) is 0 Å². The lowest BCUT2D eigenvalue weighted by molar-refractivity contribution is -0.147. The normalized spacial score (nSPS) is 9.96. The molecule has 0 saturated heterocycles. The Balaban J connectivity index is 0. The predicted octanol–water partition coefficient (Wildman–Crippen LogP) is 5.10. The molecule has 0 unspecified atom stereocenters. The number of carboxylic acids is 3. The number of rotatable bonds is 16. The van der Waals surface area contributed by atoms with Crippen LogP contribution in [0.3, 0.4) is 0 Å². The molecule has 0 aromatic heterocycles. The van der Waals surface area contributed by atoms with E-state index in [2.05, 4.69) is 6.92 Å². The number of hydrogen-bond acceptors (Lipinski definition) is 3. The van der Waals surface area contributed by atoms with Gasteiger partial charge in [-0.05, 0) is 6.42 Å². The van der Waals surface area contributed by atoms with Gasteiger partial charge in [-0.2, -0.15) is 0 Å². The molecule has 6 heteroatoms. The van der Waals surface area contributed by atoms with Gasteiger partial charge in [-0.3, -0.25) is 14.4 Å². The van der Waals surface area contributed by atoms with E-state index in [1.165, 1.54) is 70.6 Å². The summed E-state index contributed by atoms with van der Waals surface area (Å²) in [5.74, 6) is -3.28. The lowest BCUT2D eigenvalue weighted by Gasteiger charge is -2.02. The summed E-state index contributed by atoms with van der Waals surface area (Å²) in [5.41, 5.74) is 0. The lowest BCUT2D eigenvalue weighted by atomic mass is 10.0. The summed E-state index contributed by atoms with van der Waals surface area (Å²) < 4.78 is 0. The highest BCUT2D eigenvalue weighted by molar-refractivity contribution is 5.88. The highest BCUT2D eigenvalue weighted by Crippen LogP contribution is 2.12. The molecule has 0 fully saturated rings. The first-order valence-corrected chi connectivity index (χ1v) is 9.55. The summed E-state index contributed by atoms with van der Waals surface area (Å²) in [7, 11) is 0. The number of aliphatic carboxylic acids is 3. The van der Waals surface area contributed by atoms with Crippen molar-refractivity contribution in [2.24, 2.45) is 0 Å². The summed E-state index contributed by atoms with van der Waals surface area (Å²) in [6.07, 6.45) is 16.5. The summed E-state index contributed by atoms with van der Waals surface area (Å²) in [5, 5.41) is 23.9. The maximum Gasteiger partial charge on any atom is 0.314 e. The Bertz CT molecular complexity index is 329. The van der Waals surface area contributed by atoms with E-state index in [9.17, 15) is 14.4 Å². The third-order valence-corrected chi connectivity index (χ3v) is 3.80. The van der Waals surface area contributed by atoms with Crippen molar-refractivity contribution in [3.05, 3.63) is 0 Å². The van der Waals surface area contributed by atoms with Crippen LogP contribution in [0, 0.1) is 0 Å². The number of hydrogen-bond donors (Lipinski definition) is 3. The van der Waals surface area contributed by atoms with Gasteiger partial charge < -0.3 is 15.3 Å². The summed E-state index contributed by atoms with van der Waals surface area (Å²) in [4.78, 5) is 29.2. The zero-order valence-electron chi connectivity index (χ0n) is 15.7. The molecule has 0 atom stereocenters. The number of unbranched alkanes of at least 4 members (excludes halogenated alkanes) is 12. The van der Waals surface area contributed by atoms with Crippen LogP contribution >= 0.6 is 0 Å². The van der Waals surface area contributed by atoms with Gasteiger partial charge in [0.1, 0.15) is 6.42 Å². The molecule has 0 aliphatic carbocycles. The number of carboxylic acid groups (broad SMARTS) is 3. The Morgan fingerprint density at radius 3 is 1.08 bits per heavy atom. The summed E-state index contributed by atoms with van der Waals surface area (Å²) in [6, 6.07) is 0. The zero-order chi connectivity index (χ0) is 19.3. The van der Waals surface area contributed by atoms with E-state index in [1.807, 2.05) is 0 Å². The molecule has 0 aliphatic rings. The first-order valence-electron chi connectivity index (χ1n) is 9.55. The summed E-state index contributed by atoms with van der Waals surface area (Å²) in [6.45, 7) is 2.26. The van der Waals surface area contributed by atoms with Crippen LogP contribution in [-0.4, -0.2) is 33.2 Å². The van der Waals surface area contributed by atoms with E-state index in [-0.39, 0.29) is 0 Å². The third-order valence-electron chi connectivity index (χ3n) is 3.80. The molecule has 0 radical (unpaired) electrons. The van der Waals surface area contributed by atoms with Crippen molar-refractivity contribution in [2.45, 2.75) is 103 Å². The molecular weight excluding hydrogens is 324 g/mol. The van der Waals surface area contributed by atoms with E-state index in [0.29, 0.717) is 6.42 Å². The second-order valence-corrected chi connectivity index (χ2v) is 6.35. The van der Waals surface area contributed by atoms with Crippen molar-refractivity contribution >= 4 is 17.9 Å². The highest BCUT2D eigenvalue weighted by Gasteiger charge is 2.01. The highest BCUT2D eigenvalue weighted by atomic mass is 16.4. The molecule has 0 heterocycles. The van der Waals surface area contributed by atoms with E-state index >= 15 is 0 Å². The number of carbonyl (C=O) groups is 3. The molecule has 0 saturated carbocycles. The van der Waals surface area contributed by atoms with Crippen molar-refractivity contribution < 1.29 is 29.7 Å². The Morgan fingerprint density at radius 2 is 0.840 bits per heavy atom. The topological polar surface area (TPSA) is 112 Å². The van der Waals surface area contributed by atoms with Crippen molar-refractivity contribution in [3.8, 4) is 0 Å². The first kappa shape index (κ1) is 25.6. The molecule has 3 N–H and O–H groups in total. The fourth-order valence-corrected chi connectivity index (χ4v) is 2.42. The Hall–Kier alpha value is -1.59. The van der Waals surface area contributed by atoms with Crippen LogP contribution in [0.4, 0.5) is 0 Å². The first-order chi connectivity index (χ1) is 11.9. The largest absolute Gasteiger partial charge is 0.481 e. The second-order valence-electron chi connectivity index (χ2n) is 6.35. The van der Waals surface area contributed by atoms with Crippen LogP contribution in [-0.2, 0) is 14.4 Å². The van der Waals surface area contributed by atoms with E-state index in [0.717, 1.165) is 12.8 Å². The van der Waals surface area contributed by atoms with Crippen molar-refractivity contribution in [2.75, 3.05) is 0 Å². The maximum absolute atomic E-state index is 10.3. The molecule has 6 nitrogen and oxygen atoms in total. The van der Waals surface area contributed by atoms with Gasteiger partial charge in [0.2, 0.25) is 0 Å². The standard InChI is InChI=1S/C16H32O2.C3H4O4/c1-2-3-4-5-6-7-8-9-10-11-12-13-14-15-16(17)18;4-2(5)1-3(6)7/h2-15H2,1H3,(H,17,18);1H2,(H,4,5)(H,6,7). The molecule has 148 valence electrons. The Labute approximate surface area is 151 Å². The monoisotopic (exact) mass is 360 g/mol. The van der Waals surface area contributed by atoms with Crippen molar-refractivity contribution in [3.63, 3.8) is 0 Å². The fourth-order valence-electron chi connectivity index (χ4n) is 2.42. The second kappa shape index (κ2) is 20.5. The van der Waals surface area contributed by atoms with E-state index < -0.39 is 24.3 Å². The van der Waals surface area contributed by atoms with Gasteiger partial charge in [-0.15, -0.1) is 0 Å². The minimum absolute atomic E-state index is 0.345. The predicted molar refractivity (Wildman–Crippen MR) is 97.8 cm³/mol. The molecule has 0 aromatic rings. The molecule has 0 aliphatic heterocycles. The van der Waals surface area contributed by atoms with E-state index in [1.54, 1.807) is 0 Å². The van der Waals surface area contributed by atoms with Crippen LogP contribution in [0.15, 0.2) is 0 Å². The van der Waals surface area contributed by atoms with Gasteiger partial charge >= 0.3 is 17.9 Å². The fraction of sp³-hybridized carbons (Fsp3) is 0.842. The maximum atomic E-state index is 10.3. The molecule has 0 spiro atoms. The van der Waals surface area contributed by atoms with Crippen molar-refractivity contribution in [1.82, 2.24) is 0 Å². The average Bonchev–Trinajstić information content (AvgIpc) is 2.51. The molecule has 0 amide bonds. The van der Waals surface area contributed by atoms with E-state index in [4.69, 9.17) is 15.3 Å². The average molecular weight is 360 g/mol. The van der Waals surface area contributed by atoms with Crippen LogP contribution in [0.1, 0.15) is 103 Å². The molecule has 0 bridgehead atoms. The van der Waals surface area contributed by atoms with Crippen LogP contribution < -0.4 is 0 Å². The van der Waals surface area contributed by atoms with Gasteiger partial charge in [-0.25, -0.2) is 0 Å². The molecule has 25 heavy (non-hydrogen) atoms. The van der Waals surface area contributed by atoms with Gasteiger partial charge in [0.05, 0.1) is 0 Å². The Morgan fingerprint density at radius 1 is 0.520 bits per heavy atom. The van der Waals surface area contributed by atoms with Crippen LogP contribution in [0.25, 0.3) is 0 Å². The lowest BCUT2D eigenvalue weighted by Crippen LogP contribution is -2.03. The Kier molecular flexibility index (Phi) is 21.0.